The van der Waals surface area contributed by atoms with E-state index in [1.807, 2.05) is 13.8 Å². The van der Waals surface area contributed by atoms with Crippen molar-refractivity contribution in [1.29, 1.82) is 0 Å². The Balaban J connectivity index is 1.63. The fourth-order valence-corrected chi connectivity index (χ4v) is 4.14. The van der Waals surface area contributed by atoms with E-state index < -0.39 is 0 Å². The van der Waals surface area contributed by atoms with Crippen molar-refractivity contribution in [2.75, 3.05) is 18.2 Å². The van der Waals surface area contributed by atoms with Crippen LogP contribution in [0, 0.1) is 6.92 Å². The first-order chi connectivity index (χ1) is 15.5. The second kappa shape index (κ2) is 9.31. The van der Waals surface area contributed by atoms with Gasteiger partial charge in [-0.05, 0) is 38.1 Å². The van der Waals surface area contributed by atoms with Crippen molar-refractivity contribution in [2.45, 2.75) is 32.1 Å². The van der Waals surface area contributed by atoms with E-state index in [2.05, 4.69) is 10.4 Å². The van der Waals surface area contributed by atoms with Crippen LogP contribution in [0.25, 0.3) is 11.0 Å². The fourth-order valence-electron chi connectivity index (χ4n) is 3.35. The van der Waals surface area contributed by atoms with E-state index in [1.165, 1.54) is 16.3 Å². The van der Waals surface area contributed by atoms with Gasteiger partial charge in [-0.2, -0.15) is 5.10 Å². The zero-order chi connectivity index (χ0) is 22.7. The van der Waals surface area contributed by atoms with Crippen LogP contribution in [-0.4, -0.2) is 38.1 Å². The number of carbonyl (C=O) groups is 1. The summed E-state index contributed by atoms with van der Waals surface area (Å²) in [7, 11) is 1.57. The van der Waals surface area contributed by atoms with Crippen molar-refractivity contribution in [3.05, 3.63) is 64.5 Å². The average molecular weight is 454 g/mol. The number of aryl methyl sites for hydroxylation is 2. The number of rotatable bonds is 8. The lowest BCUT2D eigenvalue weighted by Gasteiger charge is -2.12. The van der Waals surface area contributed by atoms with Gasteiger partial charge in [0, 0.05) is 18.3 Å². The Bertz CT molecular complexity index is 1310. The molecule has 3 aromatic heterocycles. The maximum Gasteiger partial charge on any atom is 0.280 e. The van der Waals surface area contributed by atoms with Gasteiger partial charge in [-0.3, -0.25) is 18.8 Å². The number of hydrogen-bond donors (Lipinski definition) is 1. The molecular weight excluding hydrogens is 430 g/mol. The number of ether oxygens (including phenoxy) is 1. The molecule has 1 aromatic carbocycles. The summed E-state index contributed by atoms with van der Waals surface area (Å²) in [5.74, 6) is 1.13. The summed E-state index contributed by atoms with van der Waals surface area (Å²) in [6.45, 7) is 4.51. The van der Waals surface area contributed by atoms with E-state index >= 15 is 0 Å². The number of nitrogens with zero attached hydrogens (tertiary/aromatic N) is 4. The van der Waals surface area contributed by atoms with Crippen molar-refractivity contribution < 1.29 is 13.9 Å². The van der Waals surface area contributed by atoms with Crippen molar-refractivity contribution in [3.8, 4) is 5.75 Å². The molecular formula is C22H23N5O4S. The highest BCUT2D eigenvalue weighted by atomic mass is 32.2. The minimum atomic E-state index is -0.219. The van der Waals surface area contributed by atoms with Crippen molar-refractivity contribution in [3.63, 3.8) is 0 Å². The predicted octanol–water partition coefficient (Wildman–Crippen LogP) is 3.30. The van der Waals surface area contributed by atoms with Gasteiger partial charge < -0.3 is 14.5 Å². The molecule has 0 radical (unpaired) electrons. The highest BCUT2D eigenvalue weighted by molar-refractivity contribution is 7.99. The molecule has 4 aromatic rings. The van der Waals surface area contributed by atoms with E-state index in [0.717, 1.165) is 0 Å². The SMILES string of the molecule is CCn1nc(C)c2nc(SCC(=O)Nc3cccc(OC)c3)n(Cc3ccco3)c(=O)c21. The molecule has 0 bridgehead atoms. The van der Waals surface area contributed by atoms with E-state index in [1.54, 1.807) is 54.5 Å². The van der Waals surface area contributed by atoms with Crippen LogP contribution in [0.15, 0.2) is 57.0 Å². The second-order valence-corrected chi connectivity index (χ2v) is 7.97. The molecule has 9 nitrogen and oxygen atoms in total. The van der Waals surface area contributed by atoms with Gasteiger partial charge in [0.2, 0.25) is 5.91 Å². The molecule has 1 amide bonds. The molecule has 0 aliphatic heterocycles. The van der Waals surface area contributed by atoms with Crippen LogP contribution in [0.4, 0.5) is 5.69 Å². The summed E-state index contributed by atoms with van der Waals surface area (Å²) in [5, 5.41) is 7.70. The molecule has 0 atom stereocenters. The van der Waals surface area contributed by atoms with Crippen LogP contribution in [0.5, 0.6) is 5.75 Å². The highest BCUT2D eigenvalue weighted by Gasteiger charge is 2.19. The van der Waals surface area contributed by atoms with E-state index in [0.29, 0.717) is 45.6 Å². The van der Waals surface area contributed by atoms with Gasteiger partial charge in [0.05, 0.1) is 31.4 Å². The molecule has 0 fully saturated rings. The third-order valence-corrected chi connectivity index (χ3v) is 5.84. The summed E-state index contributed by atoms with van der Waals surface area (Å²) < 4.78 is 13.8. The fraction of sp³-hybridized carbons (Fsp3) is 0.273. The van der Waals surface area contributed by atoms with Crippen LogP contribution in [0.1, 0.15) is 18.4 Å². The monoisotopic (exact) mass is 453 g/mol. The molecule has 0 spiro atoms. The molecule has 4 rings (SSSR count). The number of amides is 1. The Kier molecular flexibility index (Phi) is 6.31. The van der Waals surface area contributed by atoms with Crippen LogP contribution < -0.4 is 15.6 Å². The molecule has 0 aliphatic rings. The lowest BCUT2D eigenvalue weighted by molar-refractivity contribution is -0.113. The summed E-state index contributed by atoms with van der Waals surface area (Å²) in [5.41, 5.74) is 2.08. The number of fused-ring (bicyclic) bond motifs is 1. The van der Waals surface area contributed by atoms with Crippen LogP contribution in [0.3, 0.4) is 0 Å². The number of anilines is 1. The van der Waals surface area contributed by atoms with Gasteiger partial charge in [0.25, 0.3) is 5.56 Å². The molecule has 0 saturated carbocycles. The minimum absolute atomic E-state index is 0.0777. The largest absolute Gasteiger partial charge is 0.497 e. The maximum atomic E-state index is 13.4. The number of benzene rings is 1. The smallest absolute Gasteiger partial charge is 0.280 e. The summed E-state index contributed by atoms with van der Waals surface area (Å²) in [6.07, 6.45) is 1.56. The number of aromatic nitrogens is 4. The summed E-state index contributed by atoms with van der Waals surface area (Å²) >= 11 is 1.19. The van der Waals surface area contributed by atoms with Crippen molar-refractivity contribution >= 4 is 34.4 Å². The number of methoxy groups -OCH3 is 1. The number of carbonyl (C=O) groups excluding carboxylic acids is 1. The van der Waals surface area contributed by atoms with Crippen LogP contribution >= 0.6 is 11.8 Å². The van der Waals surface area contributed by atoms with Gasteiger partial charge >= 0.3 is 0 Å². The topological polar surface area (TPSA) is 104 Å². The summed E-state index contributed by atoms with van der Waals surface area (Å²) in [6, 6.07) is 10.7. The van der Waals surface area contributed by atoms with Gasteiger partial charge in [-0.15, -0.1) is 0 Å². The first-order valence-corrected chi connectivity index (χ1v) is 11.1. The Hall–Kier alpha value is -3.53. The molecule has 0 aliphatic carbocycles. The van der Waals surface area contributed by atoms with Crippen molar-refractivity contribution in [1.82, 2.24) is 19.3 Å². The standard InChI is InChI=1S/C22H23N5O4S/c1-4-27-20-19(14(2)25-27)24-22(26(21(20)29)12-17-9-6-10-31-17)32-13-18(28)23-15-7-5-8-16(11-15)30-3/h5-11H,4,12-13H2,1-3H3,(H,23,28). The first kappa shape index (κ1) is 21.7. The predicted molar refractivity (Wildman–Crippen MR) is 122 cm³/mol. The van der Waals surface area contributed by atoms with Gasteiger partial charge in [-0.25, -0.2) is 4.98 Å². The zero-order valence-electron chi connectivity index (χ0n) is 18.0. The third kappa shape index (κ3) is 4.40. The first-order valence-electron chi connectivity index (χ1n) is 10.1. The van der Waals surface area contributed by atoms with Gasteiger partial charge in [-0.1, -0.05) is 17.8 Å². The Labute approximate surface area is 188 Å². The molecule has 0 unspecified atom stereocenters. The molecule has 166 valence electrons. The Morgan fingerprint density at radius 2 is 2.12 bits per heavy atom. The highest BCUT2D eigenvalue weighted by Crippen LogP contribution is 2.22. The van der Waals surface area contributed by atoms with Crippen LogP contribution in [0.2, 0.25) is 0 Å². The van der Waals surface area contributed by atoms with Crippen LogP contribution in [-0.2, 0) is 17.9 Å². The van der Waals surface area contributed by atoms with Crippen molar-refractivity contribution in [2.24, 2.45) is 0 Å². The summed E-state index contributed by atoms with van der Waals surface area (Å²) in [4.78, 5) is 30.6. The van der Waals surface area contributed by atoms with Gasteiger partial charge in [0.1, 0.15) is 17.0 Å². The van der Waals surface area contributed by atoms with E-state index in [4.69, 9.17) is 14.1 Å². The number of nitrogens with one attached hydrogen (secondary N) is 1. The molecule has 10 heteroatoms. The number of hydrogen-bond acceptors (Lipinski definition) is 7. The van der Waals surface area contributed by atoms with Gasteiger partial charge in [0.15, 0.2) is 10.7 Å². The normalized spacial score (nSPS) is 11.1. The Morgan fingerprint density at radius 3 is 2.84 bits per heavy atom. The van der Waals surface area contributed by atoms with E-state index in [-0.39, 0.29) is 23.8 Å². The quantitative estimate of drug-likeness (QED) is 0.322. The number of furan rings is 1. The average Bonchev–Trinajstić information content (AvgIpc) is 3.42. The second-order valence-electron chi connectivity index (χ2n) is 7.03. The lowest BCUT2D eigenvalue weighted by Crippen LogP contribution is -2.26. The maximum absolute atomic E-state index is 13.4. The Morgan fingerprint density at radius 1 is 1.28 bits per heavy atom. The molecule has 1 N–H and O–H groups in total. The zero-order valence-corrected chi connectivity index (χ0v) is 18.8. The van der Waals surface area contributed by atoms with E-state index in [9.17, 15) is 9.59 Å². The molecule has 3 heterocycles. The number of thioether (sulfide) groups is 1. The molecule has 32 heavy (non-hydrogen) atoms. The third-order valence-electron chi connectivity index (χ3n) is 4.86. The lowest BCUT2D eigenvalue weighted by atomic mass is 10.3. The minimum Gasteiger partial charge on any atom is -0.497 e. The molecule has 0 saturated heterocycles.